The van der Waals surface area contributed by atoms with Gasteiger partial charge in [-0.15, -0.1) is 0 Å². The third-order valence-corrected chi connectivity index (χ3v) is 6.58. The molecule has 2 saturated carbocycles. The summed E-state index contributed by atoms with van der Waals surface area (Å²) in [6.45, 7) is 5.59. The van der Waals surface area contributed by atoms with E-state index in [1.807, 2.05) is 36.5 Å². The number of aromatic nitrogens is 3. The summed E-state index contributed by atoms with van der Waals surface area (Å²) in [5.41, 5.74) is 6.31. The number of rotatable bonds is 4. The van der Waals surface area contributed by atoms with Crippen molar-refractivity contribution < 1.29 is 18.0 Å². The Morgan fingerprint density at radius 1 is 1.27 bits per heavy atom. The number of halogens is 3. The van der Waals surface area contributed by atoms with Crippen molar-refractivity contribution in [3.63, 3.8) is 0 Å². The minimum atomic E-state index is -4.57. The van der Waals surface area contributed by atoms with Crippen LogP contribution in [0.1, 0.15) is 56.8 Å². The number of carbonyl (C=O) groups excluding carboxylic acids is 1. The Bertz CT molecular complexity index is 972. The van der Waals surface area contributed by atoms with Crippen LogP contribution < -0.4 is 5.73 Å². The highest BCUT2D eigenvalue weighted by molar-refractivity contribution is 5.73. The normalized spacial score (nSPS) is 25.5. The van der Waals surface area contributed by atoms with E-state index in [9.17, 15) is 18.0 Å². The third kappa shape index (κ3) is 3.44. The van der Waals surface area contributed by atoms with Crippen LogP contribution in [-0.4, -0.2) is 38.7 Å². The molecule has 2 aliphatic rings. The molecule has 0 spiro atoms. The molecule has 30 heavy (non-hydrogen) atoms. The van der Waals surface area contributed by atoms with Gasteiger partial charge in [0.15, 0.2) is 0 Å². The van der Waals surface area contributed by atoms with Gasteiger partial charge in [-0.25, -0.2) is 4.98 Å². The molecular formula is C21H26F3N5O. The SMILES string of the molecule is CC(=O)N(C)C1C[C@@H]2[C@H](C1)[C@H]2c1cc(-c2cnc(N)c(C(F)(F)F)c2)nn1C(C)C. The number of hydrogen-bond acceptors (Lipinski definition) is 4. The van der Waals surface area contributed by atoms with Gasteiger partial charge in [-0.05, 0) is 50.7 Å². The van der Waals surface area contributed by atoms with E-state index < -0.39 is 17.6 Å². The number of nitrogens with zero attached hydrogens (tertiary/aromatic N) is 4. The van der Waals surface area contributed by atoms with Gasteiger partial charge in [-0.1, -0.05) is 0 Å². The Kier molecular flexibility index (Phi) is 4.82. The number of pyridine rings is 1. The number of nitrogens with two attached hydrogens (primary N) is 1. The average Bonchev–Trinajstić information content (AvgIpc) is 3.02. The van der Waals surface area contributed by atoms with Gasteiger partial charge in [0.05, 0.1) is 11.3 Å². The summed E-state index contributed by atoms with van der Waals surface area (Å²) in [7, 11) is 1.84. The number of amides is 1. The summed E-state index contributed by atoms with van der Waals surface area (Å²) >= 11 is 0. The van der Waals surface area contributed by atoms with Crippen molar-refractivity contribution in [3.05, 3.63) is 29.6 Å². The second-order valence-corrected chi connectivity index (χ2v) is 8.76. The van der Waals surface area contributed by atoms with Gasteiger partial charge in [0.25, 0.3) is 0 Å². The van der Waals surface area contributed by atoms with Crippen molar-refractivity contribution in [2.45, 2.75) is 57.8 Å². The highest BCUT2D eigenvalue weighted by atomic mass is 19.4. The average molecular weight is 421 g/mol. The van der Waals surface area contributed by atoms with Crippen LogP contribution in [0.15, 0.2) is 18.3 Å². The topological polar surface area (TPSA) is 77.0 Å². The van der Waals surface area contributed by atoms with E-state index in [2.05, 4.69) is 10.1 Å². The lowest BCUT2D eigenvalue weighted by Crippen LogP contribution is -2.34. The largest absolute Gasteiger partial charge is 0.419 e. The van der Waals surface area contributed by atoms with Crippen LogP contribution >= 0.6 is 0 Å². The van der Waals surface area contributed by atoms with Crippen LogP contribution in [0.25, 0.3) is 11.3 Å². The maximum Gasteiger partial charge on any atom is 0.419 e. The smallest absolute Gasteiger partial charge is 0.383 e. The first-order valence-corrected chi connectivity index (χ1v) is 10.1. The zero-order chi connectivity index (χ0) is 22.0. The lowest BCUT2D eigenvalue weighted by atomic mass is 10.0. The molecule has 2 fully saturated rings. The third-order valence-electron chi connectivity index (χ3n) is 6.58. The molecule has 2 aromatic heterocycles. The van der Waals surface area contributed by atoms with Gasteiger partial charge in [-0.2, -0.15) is 18.3 Å². The zero-order valence-corrected chi connectivity index (χ0v) is 17.4. The molecule has 2 N–H and O–H groups in total. The fourth-order valence-electron chi connectivity index (χ4n) is 4.88. The summed E-state index contributed by atoms with van der Waals surface area (Å²) in [4.78, 5) is 17.2. The fourth-order valence-corrected chi connectivity index (χ4v) is 4.88. The Balaban J connectivity index is 1.62. The van der Waals surface area contributed by atoms with E-state index in [1.165, 1.54) is 6.20 Å². The first-order chi connectivity index (χ1) is 14.0. The van der Waals surface area contributed by atoms with Gasteiger partial charge in [0.2, 0.25) is 5.91 Å². The lowest BCUT2D eigenvalue weighted by Gasteiger charge is -2.25. The summed E-state index contributed by atoms with van der Waals surface area (Å²) in [6.07, 6.45) is -1.33. The van der Waals surface area contributed by atoms with E-state index in [4.69, 9.17) is 5.73 Å². The van der Waals surface area contributed by atoms with Crippen molar-refractivity contribution in [2.75, 3.05) is 12.8 Å². The summed E-state index contributed by atoms with van der Waals surface area (Å²) in [6, 6.07) is 3.25. The van der Waals surface area contributed by atoms with Crippen LogP contribution in [0.2, 0.25) is 0 Å². The van der Waals surface area contributed by atoms with Gasteiger partial charge >= 0.3 is 6.18 Å². The number of anilines is 1. The molecule has 0 saturated heterocycles. The van der Waals surface area contributed by atoms with Gasteiger partial charge in [-0.3, -0.25) is 9.48 Å². The van der Waals surface area contributed by atoms with Crippen molar-refractivity contribution in [2.24, 2.45) is 11.8 Å². The second kappa shape index (κ2) is 6.99. The number of fused-ring (bicyclic) bond motifs is 1. The Morgan fingerprint density at radius 3 is 2.43 bits per heavy atom. The van der Waals surface area contributed by atoms with Crippen LogP contribution in [0.5, 0.6) is 0 Å². The minimum Gasteiger partial charge on any atom is -0.383 e. The van der Waals surface area contributed by atoms with Crippen molar-refractivity contribution >= 4 is 11.7 Å². The van der Waals surface area contributed by atoms with Gasteiger partial charge < -0.3 is 10.6 Å². The molecule has 1 unspecified atom stereocenters. The van der Waals surface area contributed by atoms with Crippen molar-refractivity contribution in [3.8, 4) is 11.3 Å². The van der Waals surface area contributed by atoms with Gasteiger partial charge in [0, 0.05) is 49.4 Å². The molecular weight excluding hydrogens is 395 g/mol. The molecule has 1 amide bonds. The van der Waals surface area contributed by atoms with Crippen LogP contribution in [0, 0.1) is 11.8 Å². The first kappa shape index (κ1) is 20.7. The van der Waals surface area contributed by atoms with E-state index >= 15 is 0 Å². The number of nitrogen functional groups attached to an aromatic ring is 1. The predicted molar refractivity (Wildman–Crippen MR) is 106 cm³/mol. The molecule has 0 aromatic carbocycles. The fraction of sp³-hybridized carbons (Fsp3) is 0.571. The monoisotopic (exact) mass is 421 g/mol. The first-order valence-electron chi connectivity index (χ1n) is 10.1. The summed E-state index contributed by atoms with van der Waals surface area (Å²) < 4.78 is 41.6. The van der Waals surface area contributed by atoms with Crippen molar-refractivity contribution in [1.29, 1.82) is 0 Å². The molecule has 0 bridgehead atoms. The summed E-state index contributed by atoms with van der Waals surface area (Å²) in [5.74, 6) is 0.827. The quantitative estimate of drug-likeness (QED) is 0.807. The molecule has 162 valence electrons. The van der Waals surface area contributed by atoms with Crippen LogP contribution in [0.3, 0.4) is 0 Å². The maximum absolute atomic E-state index is 13.2. The Morgan fingerprint density at radius 2 is 1.90 bits per heavy atom. The lowest BCUT2D eigenvalue weighted by molar-refractivity contribution is -0.137. The molecule has 2 aromatic rings. The molecule has 2 heterocycles. The summed E-state index contributed by atoms with van der Waals surface area (Å²) in [5, 5.41) is 4.61. The minimum absolute atomic E-state index is 0.0728. The van der Waals surface area contributed by atoms with E-state index in [-0.39, 0.29) is 18.0 Å². The van der Waals surface area contributed by atoms with Crippen LogP contribution in [-0.2, 0) is 11.0 Å². The number of alkyl halides is 3. The highest BCUT2D eigenvalue weighted by Crippen LogP contribution is 2.64. The molecule has 4 rings (SSSR count). The van der Waals surface area contributed by atoms with E-state index in [0.717, 1.165) is 24.6 Å². The highest BCUT2D eigenvalue weighted by Gasteiger charge is 2.58. The molecule has 2 aliphatic carbocycles. The zero-order valence-electron chi connectivity index (χ0n) is 17.4. The number of hydrogen-bond donors (Lipinski definition) is 1. The second-order valence-electron chi connectivity index (χ2n) is 8.76. The molecule has 9 heteroatoms. The maximum atomic E-state index is 13.2. The molecule has 6 nitrogen and oxygen atoms in total. The van der Waals surface area contributed by atoms with Crippen molar-refractivity contribution in [1.82, 2.24) is 19.7 Å². The predicted octanol–water partition coefficient (Wildman–Crippen LogP) is 4.10. The standard InChI is InChI=1S/C21H26F3N5O/c1-10(2)29-18(19-14-6-13(7-15(14)19)28(4)11(3)30)8-17(27-29)12-5-16(21(22,23)24)20(25)26-9-12/h5,8-10,13-15,19H,6-7H2,1-4H3,(H2,25,26)/t13?,14-,15+,19+. The molecule has 0 radical (unpaired) electrons. The van der Waals surface area contributed by atoms with E-state index in [0.29, 0.717) is 29.0 Å². The molecule has 0 aliphatic heterocycles. The van der Waals surface area contributed by atoms with Crippen LogP contribution in [0.4, 0.5) is 19.0 Å². The Hall–Kier alpha value is -2.58. The molecule has 4 atom stereocenters. The number of carbonyl (C=O) groups is 1. The van der Waals surface area contributed by atoms with Gasteiger partial charge in [0.1, 0.15) is 5.82 Å². The Labute approximate surface area is 173 Å². The van der Waals surface area contributed by atoms with E-state index in [1.54, 1.807) is 6.92 Å².